The van der Waals surface area contributed by atoms with Crippen molar-refractivity contribution in [1.29, 1.82) is 0 Å². The zero-order valence-corrected chi connectivity index (χ0v) is 14.1. The van der Waals surface area contributed by atoms with Crippen molar-refractivity contribution >= 4 is 40.6 Å². The van der Waals surface area contributed by atoms with Crippen molar-refractivity contribution in [2.24, 2.45) is 0 Å². The molecule has 1 amide bonds. The lowest BCUT2D eigenvalue weighted by Gasteiger charge is -2.29. The van der Waals surface area contributed by atoms with Gasteiger partial charge in [0.1, 0.15) is 5.01 Å². The molecule has 1 aromatic rings. The Bertz CT molecular complexity index is 397. The molecular formula is C13H21ClN2OS2. The van der Waals surface area contributed by atoms with E-state index in [1.54, 1.807) is 0 Å². The van der Waals surface area contributed by atoms with E-state index in [2.05, 4.69) is 30.4 Å². The molecule has 0 aromatic carbocycles. The third kappa shape index (κ3) is 4.97. The molecule has 0 aliphatic rings. The van der Waals surface area contributed by atoms with Gasteiger partial charge in [-0.05, 0) is 19.1 Å². The first kappa shape index (κ1) is 16.8. The quantitative estimate of drug-likeness (QED) is 0.746. The number of amides is 1. The summed E-state index contributed by atoms with van der Waals surface area (Å²) < 4.78 is 0.153. The Morgan fingerprint density at radius 1 is 1.53 bits per heavy atom. The molecule has 0 fully saturated rings. The predicted molar refractivity (Wildman–Crippen MR) is 85.2 cm³/mol. The van der Waals surface area contributed by atoms with Gasteiger partial charge in [0.15, 0.2) is 0 Å². The molecule has 1 N–H and O–H groups in total. The van der Waals surface area contributed by atoms with Crippen molar-refractivity contribution in [3.05, 3.63) is 16.1 Å². The van der Waals surface area contributed by atoms with E-state index in [4.69, 9.17) is 11.6 Å². The molecule has 6 heteroatoms. The van der Waals surface area contributed by atoms with Gasteiger partial charge in [0.25, 0.3) is 0 Å². The van der Waals surface area contributed by atoms with E-state index in [-0.39, 0.29) is 10.7 Å². The smallest absolute Gasteiger partial charge is 0.226 e. The first-order chi connectivity index (χ1) is 9.09. The maximum absolute atomic E-state index is 11.9. The van der Waals surface area contributed by atoms with Crippen LogP contribution in [-0.2, 0) is 17.1 Å². The molecule has 0 radical (unpaired) electrons. The van der Waals surface area contributed by atoms with Crippen molar-refractivity contribution in [2.75, 3.05) is 12.8 Å². The lowest BCUT2D eigenvalue weighted by atomic mass is 10.0. The number of nitrogens with one attached hydrogen (secondary N) is 1. The Morgan fingerprint density at radius 3 is 2.68 bits per heavy atom. The summed E-state index contributed by atoms with van der Waals surface area (Å²) in [6.07, 6.45) is 4.56. The number of carbonyl (C=O) groups excluding carboxylic acids is 1. The van der Waals surface area contributed by atoms with Gasteiger partial charge in [0.05, 0.1) is 18.0 Å². The summed E-state index contributed by atoms with van der Waals surface area (Å²) in [6.45, 7) is 5.05. The second-order valence-corrected chi connectivity index (χ2v) is 6.90. The molecule has 1 rings (SSSR count). The number of carbonyl (C=O) groups is 1. The number of thioether (sulfide) groups is 1. The second kappa shape index (κ2) is 8.12. The van der Waals surface area contributed by atoms with Crippen molar-refractivity contribution < 1.29 is 4.79 Å². The average Bonchev–Trinajstić information content (AvgIpc) is 2.88. The molecule has 1 heterocycles. The summed E-state index contributed by atoms with van der Waals surface area (Å²) in [4.78, 5) is 16.2. The molecule has 0 aliphatic heterocycles. The number of thiazole rings is 1. The zero-order chi connectivity index (χ0) is 14.3. The van der Waals surface area contributed by atoms with Crippen LogP contribution in [0, 0.1) is 0 Å². The molecule has 1 aromatic heterocycles. The van der Waals surface area contributed by atoms with Gasteiger partial charge in [-0.2, -0.15) is 11.8 Å². The predicted octanol–water partition coefficient (Wildman–Crippen LogP) is 3.46. The van der Waals surface area contributed by atoms with Gasteiger partial charge in [-0.1, -0.05) is 13.8 Å². The second-order valence-electron chi connectivity index (χ2n) is 4.41. The maximum Gasteiger partial charge on any atom is 0.226 e. The highest BCUT2D eigenvalue weighted by molar-refractivity contribution is 8.00. The zero-order valence-electron chi connectivity index (χ0n) is 11.7. The van der Waals surface area contributed by atoms with E-state index in [1.807, 2.05) is 17.1 Å². The summed E-state index contributed by atoms with van der Waals surface area (Å²) in [7, 11) is 0. The lowest BCUT2D eigenvalue weighted by molar-refractivity contribution is -0.120. The van der Waals surface area contributed by atoms with Crippen molar-refractivity contribution in [1.82, 2.24) is 10.3 Å². The SMILES string of the molecule is CCC(CC)(CNC(=O)Cc1nc(CCl)cs1)SC. The van der Waals surface area contributed by atoms with Gasteiger partial charge in [0.2, 0.25) is 5.91 Å². The summed E-state index contributed by atoms with van der Waals surface area (Å²) in [5.74, 6) is 0.440. The Kier molecular flexibility index (Phi) is 7.18. The Balaban J connectivity index is 2.47. The standard InChI is InChI=1S/C13H21ClN2OS2/c1-4-13(5-2,18-3)9-15-11(17)6-12-16-10(7-14)8-19-12/h8H,4-7,9H2,1-3H3,(H,15,17). The monoisotopic (exact) mass is 320 g/mol. The Labute approximate surface area is 128 Å². The largest absolute Gasteiger partial charge is 0.354 e. The highest BCUT2D eigenvalue weighted by atomic mass is 35.5. The number of aromatic nitrogens is 1. The molecule has 0 bridgehead atoms. The molecule has 0 atom stereocenters. The lowest BCUT2D eigenvalue weighted by Crippen LogP contribution is -2.40. The molecule has 0 saturated heterocycles. The van der Waals surface area contributed by atoms with Crippen LogP contribution in [0.1, 0.15) is 37.4 Å². The van der Waals surface area contributed by atoms with Crippen LogP contribution >= 0.6 is 34.7 Å². The van der Waals surface area contributed by atoms with Crippen molar-refractivity contribution in [3.63, 3.8) is 0 Å². The molecule has 0 unspecified atom stereocenters. The van der Waals surface area contributed by atoms with Crippen LogP contribution < -0.4 is 5.32 Å². The molecule has 108 valence electrons. The topological polar surface area (TPSA) is 42.0 Å². The fraction of sp³-hybridized carbons (Fsp3) is 0.692. The van der Waals surface area contributed by atoms with Crippen LogP contribution in [0.25, 0.3) is 0 Å². The van der Waals surface area contributed by atoms with Gasteiger partial charge in [-0.3, -0.25) is 4.79 Å². The molecular weight excluding hydrogens is 300 g/mol. The molecule has 3 nitrogen and oxygen atoms in total. The average molecular weight is 321 g/mol. The number of nitrogens with zero attached hydrogens (tertiary/aromatic N) is 1. The van der Waals surface area contributed by atoms with Gasteiger partial charge in [0, 0.05) is 16.7 Å². The van der Waals surface area contributed by atoms with Crippen LogP contribution in [-0.4, -0.2) is 28.4 Å². The van der Waals surface area contributed by atoms with Crippen molar-refractivity contribution in [2.45, 2.75) is 43.7 Å². The van der Waals surface area contributed by atoms with Gasteiger partial charge in [-0.25, -0.2) is 4.98 Å². The van der Waals surface area contributed by atoms with Crippen LogP contribution in [0.15, 0.2) is 5.38 Å². The molecule has 0 saturated carbocycles. The number of hydrogen-bond donors (Lipinski definition) is 1. The van der Waals surface area contributed by atoms with E-state index in [1.165, 1.54) is 11.3 Å². The van der Waals surface area contributed by atoms with Crippen LogP contribution in [0.2, 0.25) is 0 Å². The normalized spacial score (nSPS) is 11.6. The first-order valence-corrected chi connectivity index (χ1v) is 9.04. The summed E-state index contributed by atoms with van der Waals surface area (Å²) in [6, 6.07) is 0. The number of hydrogen-bond acceptors (Lipinski definition) is 4. The minimum atomic E-state index is 0.0378. The third-order valence-corrected chi connectivity index (χ3v) is 6.14. The number of alkyl halides is 1. The van der Waals surface area contributed by atoms with Crippen LogP contribution in [0.4, 0.5) is 0 Å². The maximum atomic E-state index is 11.9. The third-order valence-electron chi connectivity index (χ3n) is 3.38. The van der Waals surface area contributed by atoms with Crippen LogP contribution in [0.3, 0.4) is 0 Å². The molecule has 0 aliphatic carbocycles. The summed E-state index contributed by atoms with van der Waals surface area (Å²) in [5, 5.41) is 5.76. The summed E-state index contributed by atoms with van der Waals surface area (Å²) in [5.41, 5.74) is 0.843. The fourth-order valence-electron chi connectivity index (χ4n) is 1.81. The summed E-state index contributed by atoms with van der Waals surface area (Å²) >= 11 is 9.01. The Hall–Kier alpha value is -0.260. The fourth-order valence-corrected chi connectivity index (χ4v) is 3.63. The first-order valence-electron chi connectivity index (χ1n) is 6.40. The highest BCUT2D eigenvalue weighted by Crippen LogP contribution is 2.29. The highest BCUT2D eigenvalue weighted by Gasteiger charge is 2.25. The number of rotatable bonds is 8. The van der Waals surface area contributed by atoms with E-state index in [0.717, 1.165) is 23.5 Å². The minimum Gasteiger partial charge on any atom is -0.354 e. The van der Waals surface area contributed by atoms with Crippen molar-refractivity contribution in [3.8, 4) is 0 Å². The van der Waals surface area contributed by atoms with E-state index in [0.29, 0.717) is 18.8 Å². The van der Waals surface area contributed by atoms with E-state index in [9.17, 15) is 4.79 Å². The number of halogens is 1. The van der Waals surface area contributed by atoms with Gasteiger partial charge in [-0.15, -0.1) is 22.9 Å². The van der Waals surface area contributed by atoms with Gasteiger partial charge < -0.3 is 5.32 Å². The molecule has 0 spiro atoms. The minimum absolute atomic E-state index is 0.0378. The van der Waals surface area contributed by atoms with E-state index < -0.39 is 0 Å². The van der Waals surface area contributed by atoms with Gasteiger partial charge >= 0.3 is 0 Å². The van der Waals surface area contributed by atoms with Crippen LogP contribution in [0.5, 0.6) is 0 Å². The van der Waals surface area contributed by atoms with E-state index >= 15 is 0 Å². The molecule has 19 heavy (non-hydrogen) atoms. The Morgan fingerprint density at radius 2 is 2.21 bits per heavy atom.